The fourth-order valence-corrected chi connectivity index (χ4v) is 2.16. The molecule has 13 heavy (non-hydrogen) atoms. The van der Waals surface area contributed by atoms with Crippen molar-refractivity contribution < 1.29 is 4.74 Å². The van der Waals surface area contributed by atoms with Crippen molar-refractivity contribution in [1.29, 1.82) is 0 Å². The summed E-state index contributed by atoms with van der Waals surface area (Å²) in [4.78, 5) is 0. The molecule has 70 valence electrons. The molecule has 0 heterocycles. The molecule has 0 radical (unpaired) electrons. The molecule has 1 nitrogen and oxygen atoms in total. The summed E-state index contributed by atoms with van der Waals surface area (Å²) < 4.78 is 6.72. The number of benzene rings is 1. The van der Waals surface area contributed by atoms with Gasteiger partial charge in [-0.3, -0.25) is 0 Å². The summed E-state index contributed by atoms with van der Waals surface area (Å²) in [5, 5.41) is 0.748. The van der Waals surface area contributed by atoms with Crippen LogP contribution in [-0.2, 0) is 0 Å². The molecule has 0 N–H and O–H groups in total. The van der Waals surface area contributed by atoms with Crippen LogP contribution in [0.2, 0.25) is 5.02 Å². The van der Waals surface area contributed by atoms with Crippen LogP contribution in [-0.4, -0.2) is 6.61 Å². The van der Waals surface area contributed by atoms with E-state index < -0.39 is 0 Å². The first-order valence-electron chi connectivity index (χ1n) is 4.33. The van der Waals surface area contributed by atoms with Crippen LogP contribution in [0, 0.1) is 9.49 Å². The van der Waals surface area contributed by atoms with Crippen molar-refractivity contribution in [2.45, 2.75) is 12.8 Å². The molecule has 1 aliphatic carbocycles. The van der Waals surface area contributed by atoms with E-state index >= 15 is 0 Å². The van der Waals surface area contributed by atoms with E-state index in [0.29, 0.717) is 0 Å². The van der Waals surface area contributed by atoms with Crippen LogP contribution in [0.3, 0.4) is 0 Å². The molecule has 0 aliphatic heterocycles. The summed E-state index contributed by atoms with van der Waals surface area (Å²) in [6.07, 6.45) is 2.63. The maximum Gasteiger partial charge on any atom is 0.121 e. The predicted molar refractivity (Wildman–Crippen MR) is 62.4 cm³/mol. The van der Waals surface area contributed by atoms with E-state index in [1.54, 1.807) is 0 Å². The van der Waals surface area contributed by atoms with Gasteiger partial charge in [0.25, 0.3) is 0 Å². The van der Waals surface area contributed by atoms with Crippen LogP contribution in [0.4, 0.5) is 0 Å². The van der Waals surface area contributed by atoms with Crippen molar-refractivity contribution in [3.8, 4) is 5.75 Å². The van der Waals surface area contributed by atoms with E-state index in [1.807, 2.05) is 18.2 Å². The van der Waals surface area contributed by atoms with Gasteiger partial charge in [-0.2, -0.15) is 0 Å². The van der Waals surface area contributed by atoms with Crippen LogP contribution < -0.4 is 4.74 Å². The van der Waals surface area contributed by atoms with Crippen LogP contribution in [0.25, 0.3) is 0 Å². The lowest BCUT2D eigenvalue weighted by molar-refractivity contribution is 0.299. The Kier molecular flexibility index (Phi) is 2.99. The zero-order chi connectivity index (χ0) is 9.26. The highest BCUT2D eigenvalue weighted by Gasteiger charge is 2.21. The fraction of sp³-hybridized carbons (Fsp3) is 0.400. The molecule has 1 saturated carbocycles. The zero-order valence-electron chi connectivity index (χ0n) is 7.09. The van der Waals surface area contributed by atoms with Crippen molar-refractivity contribution in [3.63, 3.8) is 0 Å². The molecule has 1 fully saturated rings. The highest BCUT2D eigenvalue weighted by molar-refractivity contribution is 14.1. The van der Waals surface area contributed by atoms with Crippen LogP contribution in [0.1, 0.15) is 12.8 Å². The van der Waals surface area contributed by atoms with Crippen molar-refractivity contribution >= 4 is 34.2 Å². The molecular weight excluding hydrogens is 298 g/mol. The Labute approximate surface area is 96.6 Å². The van der Waals surface area contributed by atoms with Crippen molar-refractivity contribution in [1.82, 2.24) is 0 Å². The Balaban J connectivity index is 2.01. The third-order valence-corrected chi connectivity index (χ3v) is 2.86. The lowest BCUT2D eigenvalue weighted by Gasteiger charge is -2.05. The zero-order valence-corrected chi connectivity index (χ0v) is 10.0. The van der Waals surface area contributed by atoms with E-state index in [0.717, 1.165) is 26.9 Å². The van der Waals surface area contributed by atoms with Crippen LogP contribution >= 0.6 is 34.2 Å². The first-order chi connectivity index (χ1) is 6.24. The SMILES string of the molecule is Clc1cc(I)cc(OCC2CC2)c1. The third-order valence-electron chi connectivity index (χ3n) is 2.02. The number of rotatable bonds is 3. The number of hydrogen-bond acceptors (Lipinski definition) is 1. The standard InChI is InChI=1S/C10H10ClIO/c11-8-3-9(12)5-10(4-8)13-6-7-1-2-7/h3-5,7H,1-2,6H2. The molecule has 0 unspecified atom stereocenters. The third kappa shape index (κ3) is 3.02. The summed E-state index contributed by atoms with van der Waals surface area (Å²) in [5.74, 6) is 1.68. The van der Waals surface area contributed by atoms with E-state index in [2.05, 4.69) is 22.6 Å². The highest BCUT2D eigenvalue weighted by Crippen LogP contribution is 2.30. The van der Waals surface area contributed by atoms with Gasteiger partial charge in [0.2, 0.25) is 0 Å². The first-order valence-corrected chi connectivity index (χ1v) is 5.78. The van der Waals surface area contributed by atoms with Gasteiger partial charge in [0, 0.05) is 8.59 Å². The average Bonchev–Trinajstić information content (AvgIpc) is 2.81. The normalized spacial score (nSPS) is 15.8. The fourth-order valence-electron chi connectivity index (χ4n) is 1.11. The molecular formula is C10H10ClIO. The minimum absolute atomic E-state index is 0.748. The number of hydrogen-bond donors (Lipinski definition) is 0. The maximum absolute atomic E-state index is 5.90. The van der Waals surface area contributed by atoms with Gasteiger partial charge < -0.3 is 4.74 Å². The Hall–Kier alpha value is 0.0400. The van der Waals surface area contributed by atoms with E-state index in [9.17, 15) is 0 Å². The van der Waals surface area contributed by atoms with Gasteiger partial charge in [0.05, 0.1) is 6.61 Å². The Morgan fingerprint density at radius 3 is 2.77 bits per heavy atom. The van der Waals surface area contributed by atoms with Gasteiger partial charge in [0.1, 0.15) is 5.75 Å². The van der Waals surface area contributed by atoms with Crippen molar-refractivity contribution in [3.05, 3.63) is 26.8 Å². The Bertz CT molecular complexity index is 290. The molecule has 0 spiro atoms. The van der Waals surface area contributed by atoms with Gasteiger partial charge >= 0.3 is 0 Å². The molecule has 0 bridgehead atoms. The largest absolute Gasteiger partial charge is 0.493 e. The van der Waals surface area contributed by atoms with Crippen molar-refractivity contribution in [2.24, 2.45) is 5.92 Å². The number of halogens is 2. The van der Waals surface area contributed by atoms with Gasteiger partial charge in [-0.05, 0) is 59.5 Å². The molecule has 1 aromatic rings. The lowest BCUT2D eigenvalue weighted by Crippen LogP contribution is -1.98. The lowest BCUT2D eigenvalue weighted by atomic mass is 10.3. The summed E-state index contributed by atoms with van der Waals surface area (Å²) in [6, 6.07) is 5.80. The first kappa shape index (κ1) is 9.59. The topological polar surface area (TPSA) is 9.23 Å². The smallest absolute Gasteiger partial charge is 0.121 e. The average molecular weight is 309 g/mol. The summed E-state index contributed by atoms with van der Waals surface area (Å²) >= 11 is 8.14. The molecule has 0 aromatic heterocycles. The summed E-state index contributed by atoms with van der Waals surface area (Å²) in [6.45, 7) is 0.844. The van der Waals surface area contributed by atoms with Gasteiger partial charge in [-0.1, -0.05) is 11.6 Å². The van der Waals surface area contributed by atoms with E-state index in [4.69, 9.17) is 16.3 Å². The van der Waals surface area contributed by atoms with Gasteiger partial charge in [0.15, 0.2) is 0 Å². The molecule has 3 heteroatoms. The number of ether oxygens (including phenoxy) is 1. The molecule has 0 atom stereocenters. The highest BCUT2D eigenvalue weighted by atomic mass is 127. The van der Waals surface area contributed by atoms with E-state index in [-0.39, 0.29) is 0 Å². The summed E-state index contributed by atoms with van der Waals surface area (Å²) in [7, 11) is 0. The molecule has 1 aromatic carbocycles. The van der Waals surface area contributed by atoms with Gasteiger partial charge in [-0.25, -0.2) is 0 Å². The molecule has 0 amide bonds. The maximum atomic E-state index is 5.90. The van der Waals surface area contributed by atoms with Crippen molar-refractivity contribution in [2.75, 3.05) is 6.61 Å². The van der Waals surface area contributed by atoms with Crippen LogP contribution in [0.15, 0.2) is 18.2 Å². The second-order valence-electron chi connectivity index (χ2n) is 3.36. The van der Waals surface area contributed by atoms with Gasteiger partial charge in [-0.15, -0.1) is 0 Å². The summed E-state index contributed by atoms with van der Waals surface area (Å²) in [5.41, 5.74) is 0. The minimum atomic E-state index is 0.748. The second kappa shape index (κ2) is 4.05. The monoisotopic (exact) mass is 308 g/mol. The minimum Gasteiger partial charge on any atom is -0.493 e. The predicted octanol–water partition coefficient (Wildman–Crippen LogP) is 3.73. The van der Waals surface area contributed by atoms with E-state index in [1.165, 1.54) is 12.8 Å². The Morgan fingerprint density at radius 1 is 1.38 bits per heavy atom. The molecule has 0 saturated heterocycles. The van der Waals surface area contributed by atoms with Crippen LogP contribution in [0.5, 0.6) is 5.75 Å². The molecule has 1 aliphatic rings. The second-order valence-corrected chi connectivity index (χ2v) is 5.04. The Morgan fingerprint density at radius 2 is 2.15 bits per heavy atom. The quantitative estimate of drug-likeness (QED) is 0.773. The molecule has 2 rings (SSSR count).